The number of ether oxygens (including phenoxy) is 3. The molecule has 1 unspecified atom stereocenters. The molecule has 0 spiro atoms. The largest absolute Gasteiger partial charge is 0.462 e. The van der Waals surface area contributed by atoms with Gasteiger partial charge in [-0.25, -0.2) is 0 Å². The molecule has 0 aliphatic rings. The standard InChI is InChI=1S/C47H76O6/c1-4-7-10-13-16-19-21-22-23-24-25-26-29-31-34-37-40-46(49)52-43-44(42-51-45(48)39-36-33-30-27-18-15-12-9-6-3)53-47(50)41-38-35-32-28-20-17-14-11-8-5-2/h7,9-10,12,14,16-19,22-23,25-27,44H,4-6,8,11,13,15,20-21,24,28-43H2,1-3H3/b10-7-,12-9-,17-14-,19-16-,23-22-,26-25-,27-18-. The van der Waals surface area contributed by atoms with Gasteiger partial charge >= 0.3 is 17.9 Å². The van der Waals surface area contributed by atoms with Gasteiger partial charge in [0.05, 0.1) is 0 Å². The molecule has 300 valence electrons. The number of allylic oxidation sites excluding steroid dienone is 14. The summed E-state index contributed by atoms with van der Waals surface area (Å²) in [5.74, 6) is -1.00. The maximum atomic E-state index is 12.6. The highest BCUT2D eigenvalue weighted by Crippen LogP contribution is 2.11. The highest BCUT2D eigenvalue weighted by atomic mass is 16.6. The third-order valence-electron chi connectivity index (χ3n) is 8.36. The van der Waals surface area contributed by atoms with E-state index in [9.17, 15) is 14.4 Å². The van der Waals surface area contributed by atoms with Crippen LogP contribution < -0.4 is 0 Å². The molecule has 0 heterocycles. The molecule has 6 nitrogen and oxygen atoms in total. The molecule has 0 aromatic rings. The summed E-state index contributed by atoms with van der Waals surface area (Å²) in [6.45, 7) is 6.25. The highest BCUT2D eigenvalue weighted by molar-refractivity contribution is 5.71. The van der Waals surface area contributed by atoms with E-state index in [1.807, 2.05) is 0 Å². The van der Waals surface area contributed by atoms with Crippen molar-refractivity contribution in [3.05, 3.63) is 85.1 Å². The first kappa shape index (κ1) is 49.6. The number of carbonyl (C=O) groups is 3. The molecule has 0 rings (SSSR count). The Kier molecular flexibility index (Phi) is 38.7. The van der Waals surface area contributed by atoms with Gasteiger partial charge in [0.25, 0.3) is 0 Å². The van der Waals surface area contributed by atoms with Crippen molar-refractivity contribution >= 4 is 17.9 Å². The van der Waals surface area contributed by atoms with E-state index >= 15 is 0 Å². The van der Waals surface area contributed by atoms with Gasteiger partial charge in [-0.05, 0) is 103 Å². The first-order chi connectivity index (χ1) is 26.0. The third kappa shape index (κ3) is 39.6. The first-order valence-corrected chi connectivity index (χ1v) is 21.1. The van der Waals surface area contributed by atoms with Gasteiger partial charge in [0, 0.05) is 19.3 Å². The van der Waals surface area contributed by atoms with E-state index in [-0.39, 0.29) is 31.1 Å². The van der Waals surface area contributed by atoms with Crippen LogP contribution in [-0.4, -0.2) is 37.2 Å². The molecule has 0 N–H and O–H groups in total. The SMILES string of the molecule is CC/C=C\C/C=C\C/C=C\C/C=C\CCCCCC(=O)OCC(COC(=O)CCCC/C=C\C/C=C\CC)OC(=O)CCCCCC/C=C\CCCC. The van der Waals surface area contributed by atoms with Gasteiger partial charge in [-0.2, -0.15) is 0 Å². The Morgan fingerprint density at radius 1 is 0.396 bits per heavy atom. The van der Waals surface area contributed by atoms with Gasteiger partial charge in [0.15, 0.2) is 6.10 Å². The zero-order valence-electron chi connectivity index (χ0n) is 34.0. The fourth-order valence-corrected chi connectivity index (χ4v) is 5.21. The maximum absolute atomic E-state index is 12.6. The predicted octanol–water partition coefficient (Wildman–Crippen LogP) is 13.3. The van der Waals surface area contributed by atoms with E-state index in [0.717, 1.165) is 122 Å². The van der Waals surface area contributed by atoms with Gasteiger partial charge in [0.1, 0.15) is 13.2 Å². The minimum absolute atomic E-state index is 0.110. The van der Waals surface area contributed by atoms with Crippen LogP contribution in [0.15, 0.2) is 85.1 Å². The lowest BCUT2D eigenvalue weighted by molar-refractivity contribution is -0.167. The molecule has 0 saturated carbocycles. The van der Waals surface area contributed by atoms with Crippen molar-refractivity contribution in [1.82, 2.24) is 0 Å². The first-order valence-electron chi connectivity index (χ1n) is 21.1. The molecule has 0 amide bonds. The second-order valence-electron chi connectivity index (χ2n) is 13.5. The molecule has 0 aromatic carbocycles. The van der Waals surface area contributed by atoms with Gasteiger partial charge in [-0.3, -0.25) is 14.4 Å². The van der Waals surface area contributed by atoms with Gasteiger partial charge < -0.3 is 14.2 Å². The van der Waals surface area contributed by atoms with Gasteiger partial charge in [-0.15, -0.1) is 0 Å². The molecule has 0 aliphatic heterocycles. The molecular weight excluding hydrogens is 661 g/mol. The number of esters is 3. The van der Waals surface area contributed by atoms with Crippen molar-refractivity contribution < 1.29 is 28.6 Å². The lowest BCUT2D eigenvalue weighted by Gasteiger charge is -2.18. The summed E-state index contributed by atoms with van der Waals surface area (Å²) in [5, 5.41) is 0. The summed E-state index contributed by atoms with van der Waals surface area (Å²) in [6, 6.07) is 0. The van der Waals surface area contributed by atoms with Crippen LogP contribution in [0.5, 0.6) is 0 Å². The van der Waals surface area contributed by atoms with Crippen molar-refractivity contribution in [3.8, 4) is 0 Å². The summed E-state index contributed by atoms with van der Waals surface area (Å²) in [7, 11) is 0. The average Bonchev–Trinajstić information content (AvgIpc) is 3.15. The Balaban J connectivity index is 4.46. The Labute approximate surface area is 325 Å². The number of carbonyl (C=O) groups excluding carboxylic acids is 3. The van der Waals surface area contributed by atoms with E-state index in [1.165, 1.54) is 12.8 Å². The van der Waals surface area contributed by atoms with Gasteiger partial charge in [0.2, 0.25) is 0 Å². The maximum Gasteiger partial charge on any atom is 0.306 e. The lowest BCUT2D eigenvalue weighted by atomic mass is 10.1. The lowest BCUT2D eigenvalue weighted by Crippen LogP contribution is -2.30. The molecule has 0 radical (unpaired) electrons. The van der Waals surface area contributed by atoms with E-state index < -0.39 is 6.10 Å². The van der Waals surface area contributed by atoms with Gasteiger partial charge in [-0.1, -0.05) is 138 Å². The van der Waals surface area contributed by atoms with E-state index in [4.69, 9.17) is 14.2 Å². The van der Waals surface area contributed by atoms with Crippen LogP contribution in [0.3, 0.4) is 0 Å². The van der Waals surface area contributed by atoms with Crippen LogP contribution in [0, 0.1) is 0 Å². The Bertz CT molecular complexity index is 1080. The molecule has 0 bridgehead atoms. The summed E-state index contributed by atoms with van der Waals surface area (Å²) < 4.78 is 16.6. The van der Waals surface area contributed by atoms with Crippen LogP contribution in [0.2, 0.25) is 0 Å². The molecule has 0 aliphatic carbocycles. The fraction of sp³-hybridized carbons (Fsp3) is 0.638. The topological polar surface area (TPSA) is 78.9 Å². The summed E-state index contributed by atoms with van der Waals surface area (Å²) >= 11 is 0. The minimum Gasteiger partial charge on any atom is -0.462 e. The number of hydrogen-bond acceptors (Lipinski definition) is 6. The van der Waals surface area contributed by atoms with Crippen molar-refractivity contribution in [3.63, 3.8) is 0 Å². The molecule has 6 heteroatoms. The third-order valence-corrected chi connectivity index (χ3v) is 8.36. The van der Waals surface area contributed by atoms with Crippen LogP contribution in [0.1, 0.15) is 175 Å². The zero-order chi connectivity index (χ0) is 38.7. The van der Waals surface area contributed by atoms with E-state index in [2.05, 4.69) is 106 Å². The van der Waals surface area contributed by atoms with Crippen LogP contribution in [0.4, 0.5) is 0 Å². The van der Waals surface area contributed by atoms with Crippen LogP contribution in [0.25, 0.3) is 0 Å². The zero-order valence-corrected chi connectivity index (χ0v) is 34.0. The van der Waals surface area contributed by atoms with Crippen molar-refractivity contribution in [2.45, 2.75) is 181 Å². The van der Waals surface area contributed by atoms with Crippen LogP contribution >= 0.6 is 0 Å². The molecular formula is C47H76O6. The second-order valence-corrected chi connectivity index (χ2v) is 13.5. The Hall–Kier alpha value is -3.41. The molecule has 0 saturated heterocycles. The summed E-state index contributed by atoms with van der Waals surface area (Å²) in [4.78, 5) is 37.5. The predicted molar refractivity (Wildman–Crippen MR) is 224 cm³/mol. The molecule has 0 aromatic heterocycles. The molecule has 0 fully saturated rings. The van der Waals surface area contributed by atoms with Crippen molar-refractivity contribution in [2.75, 3.05) is 13.2 Å². The normalized spacial score (nSPS) is 12.9. The van der Waals surface area contributed by atoms with Crippen molar-refractivity contribution in [2.24, 2.45) is 0 Å². The van der Waals surface area contributed by atoms with Crippen LogP contribution in [-0.2, 0) is 28.6 Å². The Morgan fingerprint density at radius 3 is 1.21 bits per heavy atom. The summed E-state index contributed by atoms with van der Waals surface area (Å²) in [6.07, 6.45) is 51.5. The molecule has 1 atom stereocenters. The van der Waals surface area contributed by atoms with E-state index in [0.29, 0.717) is 19.3 Å². The second kappa shape index (κ2) is 41.3. The smallest absolute Gasteiger partial charge is 0.306 e. The average molecular weight is 737 g/mol. The minimum atomic E-state index is -0.805. The monoisotopic (exact) mass is 737 g/mol. The van der Waals surface area contributed by atoms with Crippen molar-refractivity contribution in [1.29, 1.82) is 0 Å². The number of unbranched alkanes of at least 4 members (excludes halogenated alkanes) is 11. The number of hydrogen-bond donors (Lipinski definition) is 0. The molecule has 53 heavy (non-hydrogen) atoms. The highest BCUT2D eigenvalue weighted by Gasteiger charge is 2.19. The number of rotatable bonds is 36. The quantitative estimate of drug-likeness (QED) is 0.0276. The Morgan fingerprint density at radius 2 is 0.736 bits per heavy atom. The fourth-order valence-electron chi connectivity index (χ4n) is 5.21. The van der Waals surface area contributed by atoms with E-state index in [1.54, 1.807) is 0 Å². The summed E-state index contributed by atoms with van der Waals surface area (Å²) in [5.41, 5.74) is 0.